The van der Waals surface area contributed by atoms with Crippen molar-refractivity contribution in [3.05, 3.63) is 0 Å². The minimum atomic E-state index is -2.43. The molecule has 0 fully saturated rings. The van der Waals surface area contributed by atoms with Crippen molar-refractivity contribution >= 4 is 17.4 Å². The average Bonchev–Trinajstić information content (AvgIpc) is 2.70. The molecule has 0 aliphatic heterocycles. The second-order valence-corrected chi connectivity index (χ2v) is 13.0. The molecule has 0 heterocycles. The Labute approximate surface area is 168 Å². The highest BCUT2D eigenvalue weighted by Gasteiger charge is 2.37. The van der Waals surface area contributed by atoms with Gasteiger partial charge in [-0.1, -0.05) is 0 Å². The summed E-state index contributed by atoms with van der Waals surface area (Å²) in [6.07, 6.45) is 2.73. The summed E-state index contributed by atoms with van der Waals surface area (Å²) in [6.45, 7) is 5.27. The summed E-state index contributed by atoms with van der Waals surface area (Å²) < 4.78 is 26.5. The smallest absolute Gasteiger partial charge is 0.398 e. The predicted molar refractivity (Wildman–Crippen MR) is 115 cm³/mol. The fourth-order valence-corrected chi connectivity index (χ4v) is 5.56. The van der Waals surface area contributed by atoms with Crippen LogP contribution in [0.1, 0.15) is 19.3 Å². The van der Waals surface area contributed by atoms with Crippen molar-refractivity contribution in [3.8, 4) is 0 Å². The van der Waals surface area contributed by atoms with Gasteiger partial charge in [-0.2, -0.15) is 0 Å². The molecule has 9 nitrogen and oxygen atoms in total. The van der Waals surface area contributed by atoms with Crippen molar-refractivity contribution in [1.29, 1.82) is 0 Å². The van der Waals surface area contributed by atoms with Gasteiger partial charge in [-0.25, -0.2) is 0 Å². The second kappa shape index (κ2) is 18.1. The maximum Gasteiger partial charge on any atom is 0.500 e. The predicted octanol–water partition coefficient (Wildman–Crippen LogP) is 0.220. The molecule has 0 rings (SSSR count). The highest BCUT2D eigenvalue weighted by atomic mass is 28.4. The van der Waals surface area contributed by atoms with E-state index in [4.69, 9.17) is 39.3 Å². The molecule has 0 aliphatic carbocycles. The van der Waals surface area contributed by atoms with Gasteiger partial charge in [0.05, 0.1) is 0 Å². The summed E-state index contributed by atoms with van der Waals surface area (Å²) in [6, 6.07) is 1.86. The fraction of sp³-hybridized carbons (Fsp3) is 1.00. The zero-order valence-corrected chi connectivity index (χ0v) is 20.2. The molecule has 0 bridgehead atoms. The van der Waals surface area contributed by atoms with Crippen molar-refractivity contribution in [3.63, 3.8) is 0 Å². The van der Waals surface area contributed by atoms with Crippen molar-refractivity contribution in [2.75, 3.05) is 61.7 Å². The number of hydrogen-bond donors (Lipinski definition) is 4. The lowest BCUT2D eigenvalue weighted by Crippen LogP contribution is -2.44. The van der Waals surface area contributed by atoms with Crippen LogP contribution >= 0.6 is 0 Å². The molecule has 0 aliphatic rings. The molecule has 0 aromatic carbocycles. The van der Waals surface area contributed by atoms with E-state index in [1.807, 2.05) is 0 Å². The molecule has 7 N–H and O–H groups in total. The van der Waals surface area contributed by atoms with E-state index in [1.165, 1.54) is 0 Å². The number of nitrogens with two attached hydrogens (primary N) is 3. The van der Waals surface area contributed by atoms with Gasteiger partial charge in [0.15, 0.2) is 0 Å². The Bertz CT molecular complexity index is 317. The first-order chi connectivity index (χ1) is 12.8. The monoisotopic (exact) mass is 428 g/mol. The summed E-state index contributed by atoms with van der Waals surface area (Å²) in [5.41, 5.74) is 16.6. The van der Waals surface area contributed by atoms with Crippen LogP contribution in [0.2, 0.25) is 18.6 Å². The quantitative estimate of drug-likeness (QED) is 0.201. The first kappa shape index (κ1) is 29.3. The van der Waals surface area contributed by atoms with Crippen molar-refractivity contribution in [1.82, 2.24) is 5.32 Å². The lowest BCUT2D eigenvalue weighted by molar-refractivity contribution is 0.122. The maximum atomic E-state index is 5.83. The van der Waals surface area contributed by atoms with Gasteiger partial charge in [0.2, 0.25) is 0 Å². The van der Waals surface area contributed by atoms with Crippen molar-refractivity contribution in [2.45, 2.75) is 43.9 Å². The van der Waals surface area contributed by atoms with Crippen LogP contribution in [0.5, 0.6) is 0 Å². The average molecular weight is 429 g/mol. The van der Waals surface area contributed by atoms with E-state index in [0.29, 0.717) is 13.1 Å². The molecule has 11 heteroatoms. The minimum Gasteiger partial charge on any atom is -0.398 e. The minimum absolute atomic E-state index is 0.104. The van der Waals surface area contributed by atoms with Gasteiger partial charge in [0, 0.05) is 60.7 Å². The van der Waals surface area contributed by atoms with Crippen LogP contribution in [0, 0.1) is 0 Å². The lowest BCUT2D eigenvalue weighted by atomic mass is 10.2. The molecular weight excluding hydrogens is 384 g/mol. The van der Waals surface area contributed by atoms with E-state index in [9.17, 15) is 0 Å². The van der Waals surface area contributed by atoms with Gasteiger partial charge < -0.3 is 44.6 Å². The van der Waals surface area contributed by atoms with Gasteiger partial charge in [0.1, 0.15) is 0 Å². The van der Waals surface area contributed by atoms with Gasteiger partial charge in [-0.15, -0.1) is 0 Å². The Morgan fingerprint density at radius 3 is 1.74 bits per heavy atom. The highest BCUT2D eigenvalue weighted by molar-refractivity contribution is 6.65. The van der Waals surface area contributed by atoms with E-state index in [0.717, 1.165) is 44.4 Å². The molecule has 166 valence electrons. The summed E-state index contributed by atoms with van der Waals surface area (Å²) in [4.78, 5) is 0. The molecule has 0 radical (unpaired) electrons. The standard InChI is InChI=1S/C8H22N2O3Si.C8H22N2O2Si/c1-11-14(12-2,13-3)7-5-8(10)4-6-9;1-11-13(3,12-2)8-4-6-10-7-5-9/h8H,4-7,9-10H2,1-3H3;10H,4-9H2,1-3H3. The van der Waals surface area contributed by atoms with Gasteiger partial charge in [-0.05, 0) is 44.9 Å². The Morgan fingerprint density at radius 2 is 1.33 bits per heavy atom. The third-order valence-electron chi connectivity index (χ3n) is 4.46. The molecule has 0 saturated heterocycles. The van der Waals surface area contributed by atoms with Crippen LogP contribution in [-0.2, 0) is 22.1 Å². The number of nitrogens with one attached hydrogen (secondary N) is 1. The van der Waals surface area contributed by atoms with E-state index in [-0.39, 0.29) is 6.04 Å². The maximum absolute atomic E-state index is 5.83. The Balaban J connectivity index is 0. The topological polar surface area (TPSA) is 136 Å². The molecule has 1 unspecified atom stereocenters. The van der Waals surface area contributed by atoms with Crippen molar-refractivity contribution in [2.24, 2.45) is 17.2 Å². The van der Waals surface area contributed by atoms with Crippen LogP contribution in [0.3, 0.4) is 0 Å². The van der Waals surface area contributed by atoms with Crippen LogP contribution in [0.15, 0.2) is 0 Å². The second-order valence-electron chi connectivity index (χ2n) is 6.36. The molecule has 1 atom stereocenters. The summed E-state index contributed by atoms with van der Waals surface area (Å²) in [5, 5.41) is 3.24. The number of rotatable bonds is 16. The van der Waals surface area contributed by atoms with Gasteiger partial charge in [0.25, 0.3) is 0 Å². The van der Waals surface area contributed by atoms with Crippen LogP contribution in [-0.4, -0.2) is 85.1 Å². The first-order valence-corrected chi connectivity index (χ1v) is 13.9. The lowest BCUT2D eigenvalue weighted by Gasteiger charge is -2.25. The Morgan fingerprint density at radius 1 is 0.778 bits per heavy atom. The molecule has 0 aromatic rings. The molecular formula is C16H44N4O5Si2. The zero-order valence-electron chi connectivity index (χ0n) is 18.2. The van der Waals surface area contributed by atoms with E-state index in [2.05, 4.69) is 11.9 Å². The van der Waals surface area contributed by atoms with Crippen LogP contribution < -0.4 is 22.5 Å². The van der Waals surface area contributed by atoms with E-state index in [1.54, 1.807) is 35.5 Å². The largest absolute Gasteiger partial charge is 0.500 e. The van der Waals surface area contributed by atoms with E-state index >= 15 is 0 Å². The molecule has 27 heavy (non-hydrogen) atoms. The van der Waals surface area contributed by atoms with Crippen LogP contribution in [0.25, 0.3) is 0 Å². The zero-order chi connectivity index (χ0) is 21.2. The van der Waals surface area contributed by atoms with Crippen LogP contribution in [0.4, 0.5) is 0 Å². The van der Waals surface area contributed by atoms with Crippen molar-refractivity contribution < 1.29 is 22.1 Å². The molecule has 0 amide bonds. The summed E-state index contributed by atoms with van der Waals surface area (Å²) >= 11 is 0. The number of hydrogen-bond acceptors (Lipinski definition) is 9. The Kier molecular flexibility index (Phi) is 19.7. The van der Waals surface area contributed by atoms with E-state index < -0.39 is 17.4 Å². The molecule has 0 aromatic heterocycles. The molecule has 0 spiro atoms. The SMILES string of the molecule is CO[Si](C)(CCCNCCN)OC.CO[Si](CCC(N)CCN)(OC)OC. The fourth-order valence-electron chi connectivity index (χ4n) is 2.33. The normalized spacial score (nSPS) is 13.2. The van der Waals surface area contributed by atoms with Gasteiger partial charge >= 0.3 is 17.4 Å². The molecule has 0 saturated carbocycles. The van der Waals surface area contributed by atoms with Gasteiger partial charge in [-0.3, -0.25) is 0 Å². The Hall–Kier alpha value is 0.0738. The third kappa shape index (κ3) is 14.7. The third-order valence-corrected chi connectivity index (χ3v) is 10.2. The first-order valence-electron chi connectivity index (χ1n) is 9.44. The summed E-state index contributed by atoms with van der Waals surface area (Å²) in [5.74, 6) is 0. The highest BCUT2D eigenvalue weighted by Crippen LogP contribution is 2.16. The summed E-state index contributed by atoms with van der Waals surface area (Å²) in [7, 11) is 4.01.